The maximum atomic E-state index is 7.72. The molecule has 4 unspecified atom stereocenters. The first-order valence-electron chi connectivity index (χ1n) is 53.0. The lowest BCUT2D eigenvalue weighted by atomic mass is 9.99. The van der Waals surface area contributed by atoms with E-state index in [1.807, 2.05) is 33.8 Å². The number of H-pyrrole nitrogens is 2. The molecule has 5 heterocycles. The first-order chi connectivity index (χ1) is 64.0. The number of nitrogens with zero attached hydrogens (tertiary/aromatic N) is 2. The second-order valence-corrected chi connectivity index (χ2v) is 37.6. The molecule has 0 fully saturated rings. The summed E-state index contributed by atoms with van der Waals surface area (Å²) in [6.07, 6.45) is 75.5. The number of ether oxygens (including phenoxy) is 8. The van der Waals surface area contributed by atoms with Crippen LogP contribution >= 0.6 is 0 Å². The number of hydrogen-bond donors (Lipinski definition) is 2. The van der Waals surface area contributed by atoms with Crippen molar-refractivity contribution in [2.24, 2.45) is 0 Å². The minimum Gasteiger partial charge on any atom is -0.455 e. The number of nitrogens with one attached hydrogen (secondary N) is 2. The molecule has 2 aliphatic heterocycles. The number of aryl methyl sites for hydroxylation is 4. The van der Waals surface area contributed by atoms with Gasteiger partial charge in [-0.25, -0.2) is 9.97 Å². The molecule has 10 rings (SSSR count). The van der Waals surface area contributed by atoms with Gasteiger partial charge in [-0.15, -0.1) is 0 Å². The summed E-state index contributed by atoms with van der Waals surface area (Å²) in [4.78, 5) is 18.3. The number of aromatic nitrogens is 4. The zero-order valence-electron chi connectivity index (χ0n) is 82.2. The third kappa shape index (κ3) is 38.7. The van der Waals surface area contributed by atoms with Crippen molar-refractivity contribution < 1.29 is 37.9 Å². The molecular formula is C118H170N4O8. The molecule has 710 valence electrons. The van der Waals surface area contributed by atoms with Gasteiger partial charge in [-0.2, -0.15) is 0 Å². The normalized spacial score (nSPS) is 12.8. The predicted octanol–water partition coefficient (Wildman–Crippen LogP) is 36.1. The SMILES string of the molecule is CCCCCCCCCCCCCCCc1ccccc1OC(C)Oc1cc(-c2c3nc(cc4ccc(cc5ccc(cc6nc2C=C6)[nH]5)[nH]4)C=C3)c(OC(C)Oc2ccccc2CCCCCCCCCCCCCCC)c(OC(C)Oc2ccccc2CCCCCCCCCCCCCCC)c1OC(C)Oc1ccccc1CCCCCCCCCCCCCCC. The summed E-state index contributed by atoms with van der Waals surface area (Å²) >= 11 is 0. The van der Waals surface area contributed by atoms with Crippen molar-refractivity contribution in [3.63, 3.8) is 0 Å². The van der Waals surface area contributed by atoms with Crippen molar-refractivity contribution in [3.05, 3.63) is 191 Å². The molecule has 12 heteroatoms. The molecule has 0 amide bonds. The summed E-state index contributed by atoms with van der Waals surface area (Å²) in [6.45, 7) is 17.0. The number of rotatable bonds is 73. The van der Waals surface area contributed by atoms with Crippen LogP contribution < -0.4 is 37.9 Å². The maximum absolute atomic E-state index is 7.72. The molecular weight excluding hydrogens is 1600 g/mol. The van der Waals surface area contributed by atoms with E-state index in [2.05, 4.69) is 201 Å². The summed E-state index contributed by atoms with van der Waals surface area (Å²) in [5.74, 6) is 4.09. The molecule has 5 aromatic carbocycles. The molecule has 0 saturated carbocycles. The topological polar surface area (TPSA) is 131 Å². The maximum Gasteiger partial charge on any atom is 0.238 e. The molecule has 3 aromatic heterocycles. The lowest BCUT2D eigenvalue weighted by molar-refractivity contribution is -0.0185. The van der Waals surface area contributed by atoms with Crippen LogP contribution in [-0.4, -0.2) is 45.1 Å². The van der Waals surface area contributed by atoms with Gasteiger partial charge in [-0.3, -0.25) is 0 Å². The highest BCUT2D eigenvalue weighted by Gasteiger charge is 2.34. The Labute approximate surface area is 787 Å². The highest BCUT2D eigenvalue weighted by molar-refractivity contribution is 5.93. The van der Waals surface area contributed by atoms with E-state index in [0.29, 0.717) is 34.0 Å². The Kier molecular flexibility index (Phi) is 49.6. The smallest absolute Gasteiger partial charge is 0.238 e. The number of para-hydroxylation sites is 4. The van der Waals surface area contributed by atoms with Gasteiger partial charge in [0.05, 0.1) is 22.8 Å². The molecule has 0 spiro atoms. The van der Waals surface area contributed by atoms with Crippen LogP contribution in [-0.2, 0) is 25.7 Å². The Hall–Kier alpha value is -8.90. The molecule has 0 radical (unpaired) electrons. The van der Waals surface area contributed by atoms with Gasteiger partial charge >= 0.3 is 0 Å². The van der Waals surface area contributed by atoms with Gasteiger partial charge in [0.25, 0.3) is 0 Å². The van der Waals surface area contributed by atoms with Gasteiger partial charge in [0, 0.05) is 60.9 Å². The van der Waals surface area contributed by atoms with E-state index in [1.165, 1.54) is 283 Å². The second-order valence-electron chi connectivity index (χ2n) is 37.6. The van der Waals surface area contributed by atoms with Crippen LogP contribution in [0.2, 0.25) is 0 Å². The van der Waals surface area contributed by atoms with Gasteiger partial charge < -0.3 is 47.9 Å². The zero-order chi connectivity index (χ0) is 90.9. The fourth-order valence-electron chi connectivity index (χ4n) is 18.6. The van der Waals surface area contributed by atoms with E-state index in [1.54, 1.807) is 0 Å². The second kappa shape index (κ2) is 62.5. The van der Waals surface area contributed by atoms with Crippen LogP contribution in [0.1, 0.15) is 434 Å². The van der Waals surface area contributed by atoms with Crippen molar-refractivity contribution in [2.45, 2.75) is 440 Å². The number of hydrogen-bond acceptors (Lipinski definition) is 10. The summed E-state index contributed by atoms with van der Waals surface area (Å²) in [7, 11) is 0. The summed E-state index contributed by atoms with van der Waals surface area (Å²) in [5.41, 5.74) is 12.3. The van der Waals surface area contributed by atoms with Crippen LogP contribution in [0, 0.1) is 0 Å². The van der Waals surface area contributed by atoms with Crippen molar-refractivity contribution in [1.29, 1.82) is 0 Å². The minimum atomic E-state index is -0.951. The Morgan fingerprint density at radius 3 is 0.738 bits per heavy atom. The standard InChI is InChI=1S/C118H170N4O8/c1-9-13-17-21-25-29-33-37-41-45-49-53-57-69-97-73-61-65-77-110(97)123-93(5)127-114-92-107(115-108-87-85-105(121-108)90-103-83-81-101(119-103)89-102-82-84-104(120-102)91-106-86-88-109(115)122-106)116(128-94(6)124-111-78-66-62-74-98(111)70-58-54-50-46-42-38-34-30-26-22-18-14-10-2)118(130-96(8)126-113-80-68-64-76-100(113)72-60-56-52-48-44-40-36-32-28-24-20-16-12-4)117(114)129-95(7)125-112-79-67-63-75-99(112)71-59-55-51-47-43-39-35-31-27-23-19-15-11-3/h61-68,73-96,119-120H,9-60,69-72H2,1-8H3. The Morgan fingerprint density at radius 2 is 0.454 bits per heavy atom. The molecule has 2 N–H and O–H groups in total. The third-order valence-corrected chi connectivity index (χ3v) is 26.0. The molecule has 2 aliphatic rings. The van der Waals surface area contributed by atoms with Crippen LogP contribution in [0.4, 0.5) is 0 Å². The quantitative estimate of drug-likeness (QED) is 0.0281. The number of benzene rings is 5. The number of unbranched alkanes of at least 4 members (excludes halogenated alkanes) is 48. The van der Waals surface area contributed by atoms with E-state index in [9.17, 15) is 0 Å². The molecule has 0 saturated heterocycles. The highest BCUT2D eigenvalue weighted by Crippen LogP contribution is 2.54. The summed E-state index contributed by atoms with van der Waals surface area (Å²) in [6, 6.07) is 50.5. The van der Waals surface area contributed by atoms with Crippen molar-refractivity contribution in [1.82, 2.24) is 19.9 Å². The third-order valence-electron chi connectivity index (χ3n) is 26.0. The fraction of sp³-hybridized carbons (Fsp3) is 0.576. The molecule has 130 heavy (non-hydrogen) atoms. The first kappa shape index (κ1) is 103. The summed E-state index contributed by atoms with van der Waals surface area (Å²) in [5, 5.41) is 0. The van der Waals surface area contributed by atoms with Crippen molar-refractivity contribution >= 4 is 46.4 Å². The van der Waals surface area contributed by atoms with Gasteiger partial charge in [0.2, 0.25) is 36.7 Å². The van der Waals surface area contributed by atoms with E-state index < -0.39 is 25.2 Å². The molecule has 8 aromatic rings. The average Bonchev–Trinajstić information content (AvgIpc) is 1.43. The van der Waals surface area contributed by atoms with E-state index in [4.69, 9.17) is 47.9 Å². The zero-order valence-corrected chi connectivity index (χ0v) is 82.2. The lowest BCUT2D eigenvalue weighted by Gasteiger charge is -2.29. The van der Waals surface area contributed by atoms with Gasteiger partial charge in [-0.1, -0.05) is 409 Å². The van der Waals surface area contributed by atoms with Gasteiger partial charge in [0.15, 0.2) is 11.5 Å². The minimum absolute atomic E-state index is 0.209. The largest absolute Gasteiger partial charge is 0.455 e. The monoisotopic (exact) mass is 1770 g/mol. The van der Waals surface area contributed by atoms with Crippen LogP contribution in [0.5, 0.6) is 46.0 Å². The average molecular weight is 1770 g/mol. The Bertz CT molecular complexity index is 4560. The molecule has 8 bridgehead atoms. The molecule has 0 aliphatic carbocycles. The van der Waals surface area contributed by atoms with E-state index in [0.717, 1.165) is 156 Å². The lowest BCUT2D eigenvalue weighted by Crippen LogP contribution is -2.27. The van der Waals surface area contributed by atoms with Gasteiger partial charge in [-0.05, 0) is 171 Å². The van der Waals surface area contributed by atoms with Crippen molar-refractivity contribution in [2.75, 3.05) is 0 Å². The Balaban J connectivity index is 1.04. The number of fused-ring (bicyclic) bond motifs is 8. The van der Waals surface area contributed by atoms with Crippen LogP contribution in [0.15, 0.2) is 146 Å². The molecule has 12 nitrogen and oxygen atoms in total. The van der Waals surface area contributed by atoms with Gasteiger partial charge in [0.1, 0.15) is 23.0 Å². The summed E-state index contributed by atoms with van der Waals surface area (Å²) < 4.78 is 59.3. The Morgan fingerprint density at radius 1 is 0.223 bits per heavy atom. The van der Waals surface area contributed by atoms with Crippen molar-refractivity contribution in [3.8, 4) is 57.1 Å². The number of aromatic amines is 2. The predicted molar refractivity (Wildman–Crippen MR) is 551 cm³/mol. The fourth-order valence-corrected chi connectivity index (χ4v) is 18.6. The highest BCUT2D eigenvalue weighted by atomic mass is 16.7. The van der Waals surface area contributed by atoms with E-state index >= 15 is 0 Å². The first-order valence-corrected chi connectivity index (χ1v) is 53.0. The molecule has 4 atom stereocenters. The van der Waals surface area contributed by atoms with E-state index in [-0.39, 0.29) is 11.5 Å². The van der Waals surface area contributed by atoms with Crippen LogP contribution in [0.3, 0.4) is 0 Å². The van der Waals surface area contributed by atoms with Crippen LogP contribution in [0.25, 0.3) is 57.5 Å².